The van der Waals surface area contributed by atoms with E-state index in [4.69, 9.17) is 25.5 Å². The lowest BCUT2D eigenvalue weighted by atomic mass is 10.0. The van der Waals surface area contributed by atoms with Crippen LogP contribution in [0.5, 0.6) is 11.5 Å². The van der Waals surface area contributed by atoms with Gasteiger partial charge in [0.25, 0.3) is 0 Å². The minimum atomic E-state index is -0.420. The van der Waals surface area contributed by atoms with Crippen LogP contribution in [0, 0.1) is 0 Å². The van der Waals surface area contributed by atoms with Gasteiger partial charge in [0.05, 0.1) is 25.1 Å². The van der Waals surface area contributed by atoms with Crippen LogP contribution in [-0.4, -0.2) is 12.1 Å². The third-order valence-corrected chi connectivity index (χ3v) is 5.21. The number of methoxy groups -OCH3 is 1. The molecule has 2 aliphatic heterocycles. The summed E-state index contributed by atoms with van der Waals surface area (Å²) in [6.45, 7) is 0. The van der Waals surface area contributed by atoms with Crippen LogP contribution in [0.1, 0.15) is 29.2 Å². The van der Waals surface area contributed by atoms with E-state index in [9.17, 15) is 0 Å². The van der Waals surface area contributed by atoms with Gasteiger partial charge < -0.3 is 19.3 Å². The van der Waals surface area contributed by atoms with E-state index in [2.05, 4.69) is 11.5 Å². The Morgan fingerprint density at radius 2 is 1.89 bits per heavy atom. The molecule has 0 saturated heterocycles. The number of para-hydroxylation sites is 1. The highest BCUT2D eigenvalue weighted by Crippen LogP contribution is 2.50. The van der Waals surface area contributed by atoms with Crippen molar-refractivity contribution >= 4 is 17.3 Å². The number of halogens is 1. The van der Waals surface area contributed by atoms with Crippen molar-refractivity contribution in [3.05, 3.63) is 88.8 Å². The van der Waals surface area contributed by atoms with Gasteiger partial charge in [0.15, 0.2) is 23.5 Å². The van der Waals surface area contributed by atoms with Crippen molar-refractivity contribution in [2.24, 2.45) is 0 Å². The molecule has 2 atom stereocenters. The van der Waals surface area contributed by atoms with Crippen LogP contribution in [-0.2, 0) is 0 Å². The third-order valence-electron chi connectivity index (χ3n) is 4.86. The molecule has 0 saturated carbocycles. The highest BCUT2D eigenvalue weighted by molar-refractivity contribution is 6.31. The fourth-order valence-electron chi connectivity index (χ4n) is 3.61. The van der Waals surface area contributed by atoms with Crippen LogP contribution < -0.4 is 14.9 Å². The first-order valence-corrected chi connectivity index (χ1v) is 9.03. The van der Waals surface area contributed by atoms with E-state index >= 15 is 0 Å². The molecule has 0 fully saturated rings. The molecule has 0 spiro atoms. The van der Waals surface area contributed by atoms with Gasteiger partial charge in [-0.15, -0.1) is 0 Å². The van der Waals surface area contributed by atoms with Gasteiger partial charge in [-0.25, -0.2) is 0 Å². The summed E-state index contributed by atoms with van der Waals surface area (Å²) < 4.78 is 17.5. The van der Waals surface area contributed by atoms with E-state index in [0.29, 0.717) is 10.8 Å². The summed E-state index contributed by atoms with van der Waals surface area (Å²) in [6.07, 6.45) is 3.37. The SMILES string of the molecule is COc1cccc2c1OC(c1ccccc1Cl)N1NC(c3ccco3)=CC21. The van der Waals surface area contributed by atoms with Gasteiger partial charge in [0, 0.05) is 16.1 Å². The number of nitrogens with zero attached hydrogens (tertiary/aromatic N) is 1. The lowest BCUT2D eigenvalue weighted by Gasteiger charge is -2.39. The zero-order chi connectivity index (χ0) is 18.4. The number of fused-ring (bicyclic) bond motifs is 3. The highest BCUT2D eigenvalue weighted by atomic mass is 35.5. The van der Waals surface area contributed by atoms with Gasteiger partial charge in [-0.2, -0.15) is 5.01 Å². The molecule has 2 aromatic carbocycles. The first kappa shape index (κ1) is 16.3. The summed E-state index contributed by atoms with van der Waals surface area (Å²) in [5.74, 6) is 2.20. The Hall–Kier alpha value is -2.89. The van der Waals surface area contributed by atoms with Crippen molar-refractivity contribution in [1.82, 2.24) is 10.4 Å². The number of furan rings is 1. The van der Waals surface area contributed by atoms with Gasteiger partial charge in [0.1, 0.15) is 0 Å². The number of hydrogen-bond acceptors (Lipinski definition) is 5. The largest absolute Gasteiger partial charge is 0.493 e. The molecule has 3 heterocycles. The highest BCUT2D eigenvalue weighted by Gasteiger charge is 2.42. The van der Waals surface area contributed by atoms with Crippen molar-refractivity contribution in [1.29, 1.82) is 0 Å². The Balaban J connectivity index is 1.65. The molecule has 0 bridgehead atoms. The van der Waals surface area contributed by atoms with Crippen LogP contribution in [0.15, 0.2) is 71.4 Å². The van der Waals surface area contributed by atoms with Crippen LogP contribution in [0.3, 0.4) is 0 Å². The van der Waals surface area contributed by atoms with Gasteiger partial charge in [-0.05, 0) is 30.3 Å². The van der Waals surface area contributed by atoms with Crippen molar-refractivity contribution < 1.29 is 13.9 Å². The summed E-state index contributed by atoms with van der Waals surface area (Å²) in [7, 11) is 1.65. The Labute approximate surface area is 161 Å². The zero-order valence-corrected chi connectivity index (χ0v) is 15.3. The van der Waals surface area contributed by atoms with Crippen molar-refractivity contribution in [2.45, 2.75) is 12.3 Å². The molecule has 1 N–H and O–H groups in total. The number of nitrogens with one attached hydrogen (secondary N) is 1. The smallest absolute Gasteiger partial charge is 0.197 e. The molecular formula is C21H17ClN2O3. The summed E-state index contributed by atoms with van der Waals surface area (Å²) in [5, 5.41) is 2.69. The van der Waals surface area contributed by atoms with Crippen molar-refractivity contribution in [3.8, 4) is 11.5 Å². The zero-order valence-electron chi connectivity index (χ0n) is 14.6. The van der Waals surface area contributed by atoms with Gasteiger partial charge in [-0.1, -0.05) is 41.9 Å². The predicted octanol–water partition coefficient (Wildman–Crippen LogP) is 4.94. The number of rotatable bonds is 3. The van der Waals surface area contributed by atoms with E-state index in [-0.39, 0.29) is 6.04 Å². The van der Waals surface area contributed by atoms with Crippen LogP contribution in [0.2, 0.25) is 5.02 Å². The summed E-state index contributed by atoms with van der Waals surface area (Å²) in [4.78, 5) is 0. The van der Waals surface area contributed by atoms with E-state index in [1.165, 1.54) is 0 Å². The molecule has 0 radical (unpaired) electrons. The second-order valence-corrected chi connectivity index (χ2v) is 6.80. The molecule has 2 unspecified atom stereocenters. The van der Waals surface area contributed by atoms with Gasteiger partial charge >= 0.3 is 0 Å². The van der Waals surface area contributed by atoms with E-state index in [1.807, 2.05) is 59.6 Å². The molecule has 6 heteroatoms. The average Bonchev–Trinajstić information content (AvgIpc) is 3.37. The fourth-order valence-corrected chi connectivity index (χ4v) is 3.84. The predicted molar refractivity (Wildman–Crippen MR) is 102 cm³/mol. The Kier molecular flexibility index (Phi) is 3.85. The lowest BCUT2D eigenvalue weighted by molar-refractivity contribution is -0.0344. The normalized spacial score (nSPS) is 20.9. The Morgan fingerprint density at radius 3 is 2.67 bits per heavy atom. The molecule has 5 rings (SSSR count). The first-order valence-electron chi connectivity index (χ1n) is 8.65. The van der Waals surface area contributed by atoms with Gasteiger partial charge in [-0.3, -0.25) is 0 Å². The molecule has 2 aliphatic rings. The topological polar surface area (TPSA) is 46.9 Å². The summed E-state index contributed by atoms with van der Waals surface area (Å²) in [6, 6.07) is 17.3. The van der Waals surface area contributed by atoms with E-state index in [0.717, 1.165) is 28.3 Å². The monoisotopic (exact) mass is 380 g/mol. The summed E-state index contributed by atoms with van der Waals surface area (Å²) >= 11 is 6.48. The second kappa shape index (κ2) is 6.37. The maximum atomic E-state index is 6.48. The number of hydrogen-bond donors (Lipinski definition) is 1. The van der Waals surface area contributed by atoms with Gasteiger partial charge in [0.2, 0.25) is 0 Å². The van der Waals surface area contributed by atoms with Crippen LogP contribution in [0.25, 0.3) is 5.70 Å². The summed E-state index contributed by atoms with van der Waals surface area (Å²) in [5.41, 5.74) is 6.21. The molecular weight excluding hydrogens is 364 g/mol. The van der Waals surface area contributed by atoms with Crippen LogP contribution in [0.4, 0.5) is 0 Å². The molecule has 136 valence electrons. The van der Waals surface area contributed by atoms with Crippen molar-refractivity contribution in [2.75, 3.05) is 7.11 Å². The molecule has 0 amide bonds. The van der Waals surface area contributed by atoms with E-state index in [1.54, 1.807) is 13.4 Å². The molecule has 1 aromatic heterocycles. The standard InChI is InChI=1S/C21H17ClN2O3/c1-25-19-9-4-7-14-17-12-16(18-10-5-11-26-18)23-24(17)21(27-20(14)19)13-6-2-3-8-15(13)22/h2-12,17,21,23H,1H3. The third kappa shape index (κ3) is 2.59. The lowest BCUT2D eigenvalue weighted by Crippen LogP contribution is -2.43. The van der Waals surface area contributed by atoms with Crippen molar-refractivity contribution in [3.63, 3.8) is 0 Å². The number of ether oxygens (including phenoxy) is 2. The first-order chi connectivity index (χ1) is 13.3. The molecule has 27 heavy (non-hydrogen) atoms. The number of hydrazine groups is 1. The van der Waals surface area contributed by atoms with Crippen LogP contribution >= 0.6 is 11.6 Å². The maximum Gasteiger partial charge on any atom is 0.197 e. The maximum absolute atomic E-state index is 6.48. The minimum Gasteiger partial charge on any atom is -0.493 e. The van der Waals surface area contributed by atoms with E-state index < -0.39 is 6.23 Å². The molecule has 0 aliphatic carbocycles. The minimum absolute atomic E-state index is 0.0507. The Bertz CT molecular complexity index is 1020. The average molecular weight is 381 g/mol. The molecule has 3 aromatic rings. The molecule has 5 nitrogen and oxygen atoms in total. The second-order valence-electron chi connectivity index (χ2n) is 6.39. The quantitative estimate of drug-likeness (QED) is 0.697. The number of benzene rings is 2. The fraction of sp³-hybridized carbons (Fsp3) is 0.143. The Morgan fingerprint density at radius 1 is 1.04 bits per heavy atom.